The number of aryl methyl sites for hydroxylation is 1. The minimum Gasteiger partial charge on any atom is -0.463 e. The van der Waals surface area contributed by atoms with Crippen LogP contribution in [0.2, 0.25) is 0 Å². The Balaban J connectivity index is 2.02. The number of hydrogen-bond acceptors (Lipinski definition) is 12. The van der Waals surface area contributed by atoms with Crippen LogP contribution in [0.5, 0.6) is 5.75 Å². The summed E-state index contributed by atoms with van der Waals surface area (Å²) in [6, 6.07) is 6.03. The molecule has 1 aliphatic heterocycles. The molecule has 0 N–H and O–H groups in total. The number of fused-ring (bicyclic) bond motifs is 1. The molecule has 0 bridgehead atoms. The van der Waals surface area contributed by atoms with Crippen molar-refractivity contribution in [1.29, 1.82) is 0 Å². The molecule has 12 heteroatoms. The summed E-state index contributed by atoms with van der Waals surface area (Å²) in [7, 11) is 0. The summed E-state index contributed by atoms with van der Waals surface area (Å²) in [6.07, 6.45) is -6.61. The molecule has 1 aromatic carbocycles. The van der Waals surface area contributed by atoms with Crippen LogP contribution >= 0.6 is 0 Å². The standard InChI is InChI=1S/C24H26O12/c1-11-8-20(29)35-18-9-16(6-7-17(11)18)34-24-23(33-15(5)28)22(32-14(4)27)21(31-13(3)26)19(36-24)10-30-12(2)25/h6-9,19,21-24H,10H2,1-5H3/t19-,21+,22+,23-,24-/m1/s1. The summed E-state index contributed by atoms with van der Waals surface area (Å²) in [5.41, 5.74) is 0.382. The molecule has 5 atom stereocenters. The predicted molar refractivity (Wildman–Crippen MR) is 120 cm³/mol. The fourth-order valence-electron chi connectivity index (χ4n) is 3.80. The Morgan fingerprint density at radius 2 is 1.44 bits per heavy atom. The topological polar surface area (TPSA) is 154 Å². The lowest BCUT2D eigenvalue weighted by molar-refractivity contribution is -0.288. The highest BCUT2D eigenvalue weighted by atomic mass is 16.7. The van der Waals surface area contributed by atoms with Gasteiger partial charge < -0.3 is 32.8 Å². The van der Waals surface area contributed by atoms with Crippen molar-refractivity contribution in [3.05, 3.63) is 40.2 Å². The number of carbonyl (C=O) groups is 4. The molecule has 36 heavy (non-hydrogen) atoms. The molecule has 2 aromatic rings. The van der Waals surface area contributed by atoms with E-state index in [1.807, 2.05) is 0 Å². The van der Waals surface area contributed by atoms with Crippen LogP contribution in [-0.2, 0) is 42.9 Å². The lowest BCUT2D eigenvalue weighted by Crippen LogP contribution is -2.63. The number of ether oxygens (including phenoxy) is 6. The van der Waals surface area contributed by atoms with Gasteiger partial charge in [0.25, 0.3) is 0 Å². The summed E-state index contributed by atoms with van der Waals surface area (Å²) in [5.74, 6) is -2.73. The van der Waals surface area contributed by atoms with Gasteiger partial charge in [0, 0.05) is 45.2 Å². The van der Waals surface area contributed by atoms with Gasteiger partial charge in [-0.2, -0.15) is 0 Å². The third-order valence-electron chi connectivity index (χ3n) is 5.12. The van der Waals surface area contributed by atoms with E-state index in [2.05, 4.69) is 0 Å². The Morgan fingerprint density at radius 3 is 2.06 bits per heavy atom. The van der Waals surface area contributed by atoms with Crippen molar-refractivity contribution in [2.45, 2.75) is 65.3 Å². The SMILES string of the molecule is CC(=O)OC[C@H]1O[C@@H](Oc2ccc3c(C)cc(=O)oc3c2)[C@H](OC(C)=O)[C@@H](OC(C)=O)[C@H]1OC(C)=O. The van der Waals surface area contributed by atoms with Gasteiger partial charge in [0.15, 0.2) is 12.2 Å². The summed E-state index contributed by atoms with van der Waals surface area (Å²) in [6.45, 7) is 5.91. The number of rotatable bonds is 7. The smallest absolute Gasteiger partial charge is 0.336 e. The summed E-state index contributed by atoms with van der Waals surface area (Å²) >= 11 is 0. The molecule has 12 nitrogen and oxygen atoms in total. The molecule has 1 fully saturated rings. The second-order valence-corrected chi connectivity index (χ2v) is 8.09. The van der Waals surface area contributed by atoms with Gasteiger partial charge in [0.05, 0.1) is 0 Å². The van der Waals surface area contributed by atoms with Crippen molar-refractivity contribution in [1.82, 2.24) is 0 Å². The Kier molecular flexibility index (Phi) is 8.30. The average Bonchev–Trinajstić information content (AvgIpc) is 2.75. The Hall–Kier alpha value is -3.93. The Morgan fingerprint density at radius 1 is 0.833 bits per heavy atom. The van der Waals surface area contributed by atoms with Gasteiger partial charge in [-0.25, -0.2) is 4.79 Å². The normalized spacial score (nSPS) is 23.4. The van der Waals surface area contributed by atoms with Gasteiger partial charge in [-0.3, -0.25) is 19.2 Å². The van der Waals surface area contributed by atoms with E-state index in [1.54, 1.807) is 19.1 Å². The Bertz CT molecular complexity index is 1220. The maximum atomic E-state index is 11.9. The zero-order chi connectivity index (χ0) is 26.6. The first-order chi connectivity index (χ1) is 16.9. The first-order valence-electron chi connectivity index (χ1n) is 11.0. The van der Waals surface area contributed by atoms with Gasteiger partial charge in [-0.15, -0.1) is 0 Å². The van der Waals surface area contributed by atoms with E-state index in [0.29, 0.717) is 10.9 Å². The van der Waals surface area contributed by atoms with Crippen molar-refractivity contribution < 1.29 is 52.0 Å². The maximum Gasteiger partial charge on any atom is 0.336 e. The number of benzene rings is 1. The van der Waals surface area contributed by atoms with Gasteiger partial charge in [-0.05, 0) is 24.6 Å². The molecule has 1 saturated heterocycles. The molecule has 2 heterocycles. The number of esters is 4. The molecule has 3 rings (SSSR count). The van der Waals surface area contributed by atoms with Crippen LogP contribution in [0, 0.1) is 6.92 Å². The van der Waals surface area contributed by atoms with Crippen LogP contribution in [0.25, 0.3) is 11.0 Å². The highest BCUT2D eigenvalue weighted by Gasteiger charge is 2.53. The molecular weight excluding hydrogens is 480 g/mol. The first-order valence-corrected chi connectivity index (χ1v) is 11.0. The minimum absolute atomic E-state index is 0.164. The second-order valence-electron chi connectivity index (χ2n) is 8.09. The highest BCUT2D eigenvalue weighted by molar-refractivity contribution is 5.81. The van der Waals surface area contributed by atoms with E-state index >= 15 is 0 Å². The van der Waals surface area contributed by atoms with E-state index in [4.69, 9.17) is 32.8 Å². The summed E-state index contributed by atoms with van der Waals surface area (Å²) < 4.78 is 38.2. The van der Waals surface area contributed by atoms with Crippen LogP contribution in [0.3, 0.4) is 0 Å². The maximum absolute atomic E-state index is 11.9. The molecule has 1 aliphatic rings. The zero-order valence-corrected chi connectivity index (χ0v) is 20.3. The van der Waals surface area contributed by atoms with Crippen LogP contribution < -0.4 is 10.4 Å². The van der Waals surface area contributed by atoms with E-state index in [1.165, 1.54) is 19.1 Å². The van der Waals surface area contributed by atoms with Crippen molar-refractivity contribution in [3.8, 4) is 5.75 Å². The van der Waals surface area contributed by atoms with E-state index in [9.17, 15) is 24.0 Å². The van der Waals surface area contributed by atoms with E-state index in [-0.39, 0.29) is 17.9 Å². The largest absolute Gasteiger partial charge is 0.463 e. The first kappa shape index (κ1) is 26.7. The highest BCUT2D eigenvalue weighted by Crippen LogP contribution is 2.32. The molecule has 194 valence electrons. The lowest BCUT2D eigenvalue weighted by atomic mass is 9.98. The fourth-order valence-corrected chi connectivity index (χ4v) is 3.80. The van der Waals surface area contributed by atoms with Crippen LogP contribution in [-0.4, -0.2) is 61.2 Å². The van der Waals surface area contributed by atoms with Crippen LogP contribution in [0.1, 0.15) is 33.3 Å². The van der Waals surface area contributed by atoms with Crippen molar-refractivity contribution >= 4 is 34.8 Å². The molecule has 0 saturated carbocycles. The van der Waals surface area contributed by atoms with Gasteiger partial charge in [0.1, 0.15) is 24.0 Å². The molecule has 0 spiro atoms. The fraction of sp³-hybridized carbons (Fsp3) is 0.458. The minimum atomic E-state index is -1.40. The van der Waals surface area contributed by atoms with Crippen LogP contribution in [0.15, 0.2) is 33.5 Å². The van der Waals surface area contributed by atoms with Gasteiger partial charge >= 0.3 is 29.5 Å². The predicted octanol–water partition coefficient (Wildman–Crippen LogP) is 1.56. The molecule has 0 radical (unpaired) electrons. The molecule has 0 unspecified atom stereocenters. The molecular formula is C24H26O12. The number of hydrogen-bond donors (Lipinski definition) is 0. The average molecular weight is 506 g/mol. The second kappa shape index (κ2) is 11.2. The lowest BCUT2D eigenvalue weighted by Gasteiger charge is -2.43. The van der Waals surface area contributed by atoms with Gasteiger partial charge in [-0.1, -0.05) is 0 Å². The third-order valence-corrected chi connectivity index (χ3v) is 5.12. The van der Waals surface area contributed by atoms with Crippen molar-refractivity contribution in [2.24, 2.45) is 0 Å². The molecule has 0 aliphatic carbocycles. The quantitative estimate of drug-likeness (QED) is 0.304. The van der Waals surface area contributed by atoms with E-state index < -0.39 is 60.2 Å². The Labute approximate surface area is 205 Å². The molecule has 0 amide bonds. The van der Waals surface area contributed by atoms with Gasteiger partial charge in [0.2, 0.25) is 12.4 Å². The third kappa shape index (κ3) is 6.60. The molecule has 1 aromatic heterocycles. The summed E-state index contributed by atoms with van der Waals surface area (Å²) in [4.78, 5) is 58.9. The number of carbonyl (C=O) groups excluding carboxylic acids is 4. The van der Waals surface area contributed by atoms with E-state index in [0.717, 1.165) is 20.8 Å². The van der Waals surface area contributed by atoms with Crippen LogP contribution in [0.4, 0.5) is 0 Å². The zero-order valence-electron chi connectivity index (χ0n) is 20.3. The summed E-state index contributed by atoms with van der Waals surface area (Å²) in [5, 5.41) is 0.670. The monoisotopic (exact) mass is 506 g/mol. The van der Waals surface area contributed by atoms with Crippen molar-refractivity contribution in [3.63, 3.8) is 0 Å². The van der Waals surface area contributed by atoms with Crippen molar-refractivity contribution in [2.75, 3.05) is 6.61 Å².